The van der Waals surface area contributed by atoms with Crippen LogP contribution in [0.1, 0.15) is 31.3 Å². The molecule has 102 valence electrons. The van der Waals surface area contributed by atoms with Crippen LogP contribution in [0.2, 0.25) is 0 Å². The molecule has 0 spiro atoms. The lowest BCUT2D eigenvalue weighted by Gasteiger charge is -2.21. The van der Waals surface area contributed by atoms with Crippen LogP contribution in [0.3, 0.4) is 0 Å². The highest BCUT2D eigenvalue weighted by Gasteiger charge is 2.24. The Kier molecular flexibility index (Phi) is 4.34. The highest BCUT2D eigenvalue weighted by molar-refractivity contribution is 7.10. The van der Waals surface area contributed by atoms with Gasteiger partial charge in [0.15, 0.2) is 0 Å². The first-order valence-corrected chi connectivity index (χ1v) is 7.34. The van der Waals surface area contributed by atoms with Crippen molar-refractivity contribution in [2.75, 3.05) is 6.61 Å². The lowest BCUT2D eigenvalue weighted by Crippen LogP contribution is -2.21. The summed E-state index contributed by atoms with van der Waals surface area (Å²) in [7, 11) is 0. The number of ether oxygens (including phenoxy) is 1. The van der Waals surface area contributed by atoms with Crippen molar-refractivity contribution in [1.29, 1.82) is 0 Å². The van der Waals surface area contributed by atoms with E-state index in [1.807, 2.05) is 19.1 Å². The Labute approximate surface area is 118 Å². The van der Waals surface area contributed by atoms with Crippen molar-refractivity contribution in [3.05, 3.63) is 40.2 Å². The summed E-state index contributed by atoms with van der Waals surface area (Å²) < 4.78 is 5.74. The van der Waals surface area contributed by atoms with E-state index in [0.29, 0.717) is 13.2 Å². The molecule has 1 aromatic carbocycles. The monoisotopic (exact) mass is 276 g/mol. The molecule has 0 aliphatic carbocycles. The first kappa shape index (κ1) is 14.2. The molecule has 2 N–H and O–H groups in total. The van der Waals surface area contributed by atoms with Crippen molar-refractivity contribution in [3.8, 4) is 11.3 Å². The van der Waals surface area contributed by atoms with Crippen LogP contribution >= 0.6 is 11.3 Å². The van der Waals surface area contributed by atoms with E-state index in [0.717, 1.165) is 21.8 Å². The third kappa shape index (κ3) is 3.21. The van der Waals surface area contributed by atoms with E-state index in [9.17, 15) is 0 Å². The molecule has 0 atom stereocenters. The molecule has 0 unspecified atom stereocenters. The molecule has 0 aliphatic rings. The van der Waals surface area contributed by atoms with Gasteiger partial charge in [0.05, 0.1) is 5.69 Å². The number of aromatic nitrogens is 1. The fourth-order valence-corrected chi connectivity index (χ4v) is 2.87. The minimum absolute atomic E-state index is 0.330. The summed E-state index contributed by atoms with van der Waals surface area (Å²) in [6.07, 6.45) is 0. The average molecular weight is 276 g/mol. The smallest absolute Gasteiger partial charge is 0.125 e. The second kappa shape index (κ2) is 5.82. The average Bonchev–Trinajstić information content (AvgIpc) is 2.89. The van der Waals surface area contributed by atoms with Crippen LogP contribution in [0.5, 0.6) is 0 Å². The molecule has 19 heavy (non-hydrogen) atoms. The van der Waals surface area contributed by atoms with E-state index in [1.165, 1.54) is 0 Å². The molecule has 2 aromatic rings. The fourth-order valence-electron chi connectivity index (χ4n) is 1.96. The first-order chi connectivity index (χ1) is 9.06. The Morgan fingerprint density at radius 2 is 2.16 bits per heavy atom. The highest BCUT2D eigenvalue weighted by Crippen LogP contribution is 2.31. The third-order valence-electron chi connectivity index (χ3n) is 2.98. The number of benzene rings is 1. The lowest BCUT2D eigenvalue weighted by molar-refractivity contribution is -0.0141. The number of hydrogen-bond donors (Lipinski definition) is 1. The van der Waals surface area contributed by atoms with Gasteiger partial charge < -0.3 is 10.5 Å². The number of thiazole rings is 1. The van der Waals surface area contributed by atoms with Gasteiger partial charge in [0.1, 0.15) is 10.6 Å². The van der Waals surface area contributed by atoms with E-state index >= 15 is 0 Å². The zero-order chi connectivity index (χ0) is 13.9. The van der Waals surface area contributed by atoms with Gasteiger partial charge in [-0.2, -0.15) is 0 Å². The minimum atomic E-state index is -0.330. The van der Waals surface area contributed by atoms with Crippen LogP contribution in [0, 0.1) is 0 Å². The van der Waals surface area contributed by atoms with Crippen molar-refractivity contribution in [3.63, 3.8) is 0 Å². The Hall–Kier alpha value is -1.23. The molecule has 3 nitrogen and oxygen atoms in total. The number of nitrogens with zero attached hydrogens (tertiary/aromatic N) is 1. The summed E-state index contributed by atoms with van der Waals surface area (Å²) in [5, 5.41) is 3.08. The van der Waals surface area contributed by atoms with Gasteiger partial charge in [-0.3, -0.25) is 0 Å². The van der Waals surface area contributed by atoms with Crippen molar-refractivity contribution in [1.82, 2.24) is 4.98 Å². The Balaban J connectivity index is 2.30. The molecule has 0 amide bonds. The van der Waals surface area contributed by atoms with Gasteiger partial charge in [0.25, 0.3) is 0 Å². The molecule has 0 saturated carbocycles. The van der Waals surface area contributed by atoms with Gasteiger partial charge in [-0.05, 0) is 32.4 Å². The van der Waals surface area contributed by atoms with Crippen LogP contribution in [0.4, 0.5) is 0 Å². The summed E-state index contributed by atoms with van der Waals surface area (Å²) in [5.74, 6) is 0. The standard InChI is InChI=1S/C15H20N2OS/c1-4-18-15(2,3)14-17-13(10-19-14)12-7-5-6-11(8-12)9-16/h5-8,10H,4,9,16H2,1-3H3. The number of rotatable bonds is 5. The van der Waals surface area contributed by atoms with Crippen LogP contribution in [0.15, 0.2) is 29.6 Å². The SMILES string of the molecule is CCOC(C)(C)c1nc(-c2cccc(CN)c2)cs1. The molecule has 0 bridgehead atoms. The second-order valence-electron chi connectivity index (χ2n) is 4.89. The molecule has 0 fully saturated rings. The molecule has 4 heteroatoms. The van der Waals surface area contributed by atoms with Crippen molar-refractivity contribution < 1.29 is 4.74 Å². The molecular formula is C15H20N2OS. The van der Waals surface area contributed by atoms with Crippen LogP contribution in [0.25, 0.3) is 11.3 Å². The normalized spacial score (nSPS) is 11.8. The zero-order valence-corrected chi connectivity index (χ0v) is 12.5. The van der Waals surface area contributed by atoms with Gasteiger partial charge >= 0.3 is 0 Å². The topological polar surface area (TPSA) is 48.1 Å². The maximum atomic E-state index is 5.74. The molecule has 1 heterocycles. The molecule has 0 radical (unpaired) electrons. The van der Waals surface area contributed by atoms with E-state index in [4.69, 9.17) is 15.5 Å². The van der Waals surface area contributed by atoms with Gasteiger partial charge in [-0.1, -0.05) is 18.2 Å². The maximum absolute atomic E-state index is 5.74. The Morgan fingerprint density at radius 3 is 2.84 bits per heavy atom. The van der Waals surface area contributed by atoms with E-state index < -0.39 is 0 Å². The van der Waals surface area contributed by atoms with Gasteiger partial charge in [-0.25, -0.2) is 4.98 Å². The molecule has 2 rings (SSSR count). The van der Waals surface area contributed by atoms with Crippen LogP contribution < -0.4 is 5.73 Å². The summed E-state index contributed by atoms with van der Waals surface area (Å²) in [6.45, 7) is 7.34. The van der Waals surface area contributed by atoms with Gasteiger partial charge in [0, 0.05) is 24.1 Å². The van der Waals surface area contributed by atoms with Crippen LogP contribution in [-0.4, -0.2) is 11.6 Å². The summed E-state index contributed by atoms with van der Waals surface area (Å²) in [5.41, 5.74) is 8.56. The van der Waals surface area contributed by atoms with Crippen molar-refractivity contribution in [2.45, 2.75) is 32.9 Å². The van der Waals surface area contributed by atoms with Gasteiger partial charge in [-0.15, -0.1) is 11.3 Å². The van der Waals surface area contributed by atoms with Crippen molar-refractivity contribution in [2.24, 2.45) is 5.73 Å². The first-order valence-electron chi connectivity index (χ1n) is 6.46. The van der Waals surface area contributed by atoms with Gasteiger partial charge in [0.2, 0.25) is 0 Å². The summed E-state index contributed by atoms with van der Waals surface area (Å²) in [4.78, 5) is 4.70. The quantitative estimate of drug-likeness (QED) is 0.908. The highest BCUT2D eigenvalue weighted by atomic mass is 32.1. The minimum Gasteiger partial charge on any atom is -0.369 e. The third-order valence-corrected chi connectivity index (χ3v) is 4.13. The summed E-state index contributed by atoms with van der Waals surface area (Å²) in [6, 6.07) is 8.20. The van der Waals surface area contributed by atoms with E-state index in [1.54, 1.807) is 11.3 Å². The van der Waals surface area contributed by atoms with Crippen LogP contribution in [-0.2, 0) is 16.9 Å². The second-order valence-corrected chi connectivity index (χ2v) is 5.74. The zero-order valence-electron chi connectivity index (χ0n) is 11.6. The van der Waals surface area contributed by atoms with E-state index in [-0.39, 0.29) is 5.60 Å². The largest absolute Gasteiger partial charge is 0.369 e. The lowest BCUT2D eigenvalue weighted by atomic mass is 10.1. The molecule has 0 saturated heterocycles. The fraction of sp³-hybridized carbons (Fsp3) is 0.400. The molecule has 0 aliphatic heterocycles. The predicted octanol–water partition coefficient (Wildman–Crippen LogP) is 3.54. The Bertz CT molecular complexity index is 549. The maximum Gasteiger partial charge on any atom is 0.125 e. The summed E-state index contributed by atoms with van der Waals surface area (Å²) >= 11 is 1.64. The predicted molar refractivity (Wildman–Crippen MR) is 80.1 cm³/mol. The molecule has 1 aromatic heterocycles. The number of hydrogen-bond acceptors (Lipinski definition) is 4. The van der Waals surface area contributed by atoms with Crippen molar-refractivity contribution >= 4 is 11.3 Å². The van der Waals surface area contributed by atoms with E-state index in [2.05, 4.69) is 31.4 Å². The Morgan fingerprint density at radius 1 is 1.37 bits per heavy atom. The number of nitrogens with two attached hydrogens (primary N) is 1. The molecular weight excluding hydrogens is 256 g/mol.